The first-order chi connectivity index (χ1) is 14.0. The molecule has 0 unspecified atom stereocenters. The third kappa shape index (κ3) is 4.71. The monoisotopic (exact) mass is 441 g/mol. The highest BCUT2D eigenvalue weighted by Crippen LogP contribution is 2.31. The number of hydrogen-bond acceptors (Lipinski definition) is 3. The fourth-order valence-corrected chi connectivity index (χ4v) is 3.80. The van der Waals surface area contributed by atoms with Crippen LogP contribution in [0.3, 0.4) is 0 Å². The van der Waals surface area contributed by atoms with Crippen LogP contribution in [0.2, 0.25) is 0 Å². The van der Waals surface area contributed by atoms with Gasteiger partial charge in [0.05, 0.1) is 22.5 Å². The summed E-state index contributed by atoms with van der Waals surface area (Å²) in [5.41, 5.74) is 0.886. The van der Waals surface area contributed by atoms with E-state index in [1.54, 1.807) is 30.2 Å². The van der Waals surface area contributed by atoms with E-state index in [0.29, 0.717) is 22.9 Å². The van der Waals surface area contributed by atoms with Crippen molar-refractivity contribution in [2.24, 2.45) is 7.05 Å². The van der Waals surface area contributed by atoms with Gasteiger partial charge in [-0.2, -0.15) is 13.2 Å². The number of alkyl halides is 3. The van der Waals surface area contributed by atoms with Crippen LogP contribution in [0, 0.1) is 5.82 Å². The van der Waals surface area contributed by atoms with Gasteiger partial charge < -0.3 is 4.57 Å². The molecule has 160 valence electrons. The fourth-order valence-electron chi connectivity index (χ4n) is 3.04. The zero-order valence-electron chi connectivity index (χ0n) is 16.2. The second-order valence-electron chi connectivity index (χ2n) is 6.75. The van der Waals surface area contributed by atoms with Gasteiger partial charge in [-0.3, -0.25) is 0 Å². The lowest BCUT2D eigenvalue weighted by molar-refractivity contribution is -0.137. The third-order valence-electron chi connectivity index (χ3n) is 4.69. The van der Waals surface area contributed by atoms with Crippen LogP contribution in [0.1, 0.15) is 16.7 Å². The van der Waals surface area contributed by atoms with Crippen LogP contribution in [0.5, 0.6) is 0 Å². The van der Waals surface area contributed by atoms with Crippen molar-refractivity contribution >= 4 is 10.0 Å². The van der Waals surface area contributed by atoms with Gasteiger partial charge in [0.2, 0.25) is 10.0 Å². The predicted molar refractivity (Wildman–Crippen MR) is 104 cm³/mol. The standard InChI is InChI=1S/C20H19F4N3O2S/c1-25-30(28,29)16-8-6-13(17(10-16)19-11-27(2)12-26-19)3-4-14-5-7-15(9-18(14)21)20(22,23)24/h5-12,25H,3-4H2,1-2H3. The zero-order valence-corrected chi connectivity index (χ0v) is 17.0. The van der Waals surface area contributed by atoms with E-state index in [1.807, 2.05) is 0 Å². The lowest BCUT2D eigenvalue weighted by atomic mass is 9.97. The zero-order chi connectivity index (χ0) is 22.1. The minimum atomic E-state index is -4.61. The average Bonchev–Trinajstić information content (AvgIpc) is 3.12. The van der Waals surface area contributed by atoms with Crippen molar-refractivity contribution < 1.29 is 26.0 Å². The van der Waals surface area contributed by atoms with Crippen LogP contribution in [0.25, 0.3) is 11.3 Å². The maximum atomic E-state index is 14.2. The highest BCUT2D eigenvalue weighted by molar-refractivity contribution is 7.89. The molecule has 2 aromatic carbocycles. The number of aromatic nitrogens is 2. The largest absolute Gasteiger partial charge is 0.416 e. The van der Waals surface area contributed by atoms with E-state index in [-0.39, 0.29) is 23.3 Å². The first kappa shape index (κ1) is 22.0. The minimum Gasteiger partial charge on any atom is -0.340 e. The van der Waals surface area contributed by atoms with E-state index in [2.05, 4.69) is 9.71 Å². The SMILES string of the molecule is CNS(=O)(=O)c1ccc(CCc2ccc(C(F)(F)F)cc2F)c(-c2cn(C)cn2)c1. The van der Waals surface area contributed by atoms with E-state index in [0.717, 1.165) is 12.1 Å². The van der Waals surface area contributed by atoms with E-state index in [9.17, 15) is 26.0 Å². The topological polar surface area (TPSA) is 64.0 Å². The summed E-state index contributed by atoms with van der Waals surface area (Å²) in [6, 6.07) is 6.97. The smallest absolute Gasteiger partial charge is 0.340 e. The molecule has 0 spiro atoms. The van der Waals surface area contributed by atoms with Gasteiger partial charge in [0.1, 0.15) is 5.82 Å². The molecule has 0 saturated heterocycles. The molecule has 0 bridgehead atoms. The molecule has 0 aliphatic rings. The first-order valence-corrected chi connectivity index (χ1v) is 10.4. The maximum Gasteiger partial charge on any atom is 0.416 e. The Morgan fingerprint density at radius 2 is 1.73 bits per heavy atom. The Labute approximate surface area is 171 Å². The Morgan fingerprint density at radius 3 is 2.30 bits per heavy atom. The Bertz CT molecular complexity index is 1170. The summed E-state index contributed by atoms with van der Waals surface area (Å²) < 4.78 is 80.6. The van der Waals surface area contributed by atoms with Crippen LogP contribution >= 0.6 is 0 Å². The average molecular weight is 441 g/mol. The van der Waals surface area contributed by atoms with Gasteiger partial charge in [0.15, 0.2) is 0 Å². The molecule has 10 heteroatoms. The molecule has 1 N–H and O–H groups in total. The number of rotatable bonds is 6. The lowest BCUT2D eigenvalue weighted by Crippen LogP contribution is -2.18. The molecule has 1 aromatic heterocycles. The molecule has 0 aliphatic carbocycles. The molecule has 0 atom stereocenters. The molecule has 0 fully saturated rings. The van der Waals surface area contributed by atoms with Crippen molar-refractivity contribution in [2.75, 3.05) is 7.05 Å². The molecule has 0 aliphatic heterocycles. The normalized spacial score (nSPS) is 12.3. The van der Waals surface area contributed by atoms with E-state index >= 15 is 0 Å². The number of benzene rings is 2. The minimum absolute atomic E-state index is 0.0510. The van der Waals surface area contributed by atoms with Gasteiger partial charge in [0.25, 0.3) is 0 Å². The number of imidazole rings is 1. The van der Waals surface area contributed by atoms with E-state index in [4.69, 9.17) is 0 Å². The van der Waals surface area contributed by atoms with Gasteiger partial charge in [-0.25, -0.2) is 22.5 Å². The number of sulfonamides is 1. The molecular formula is C20H19F4N3O2S. The summed E-state index contributed by atoms with van der Waals surface area (Å²) >= 11 is 0. The summed E-state index contributed by atoms with van der Waals surface area (Å²) in [6.07, 6.45) is -0.905. The maximum absolute atomic E-state index is 14.2. The number of aryl methyl sites for hydroxylation is 3. The Balaban J connectivity index is 1.94. The van der Waals surface area contributed by atoms with E-state index in [1.165, 1.54) is 19.2 Å². The van der Waals surface area contributed by atoms with Crippen molar-refractivity contribution in [3.63, 3.8) is 0 Å². The second-order valence-corrected chi connectivity index (χ2v) is 8.64. The van der Waals surface area contributed by atoms with Gasteiger partial charge >= 0.3 is 6.18 Å². The van der Waals surface area contributed by atoms with Gasteiger partial charge in [-0.1, -0.05) is 12.1 Å². The molecule has 5 nitrogen and oxygen atoms in total. The highest BCUT2D eigenvalue weighted by atomic mass is 32.2. The van der Waals surface area contributed by atoms with Crippen LogP contribution in [0.15, 0.2) is 53.8 Å². The van der Waals surface area contributed by atoms with Gasteiger partial charge in [-0.05, 0) is 55.3 Å². The van der Waals surface area contributed by atoms with E-state index < -0.39 is 27.6 Å². The molecular weight excluding hydrogens is 422 g/mol. The molecule has 0 saturated carbocycles. The van der Waals surface area contributed by atoms with Crippen molar-refractivity contribution in [1.82, 2.24) is 14.3 Å². The molecule has 3 rings (SSSR count). The first-order valence-electron chi connectivity index (χ1n) is 8.91. The van der Waals surface area contributed by atoms with Crippen molar-refractivity contribution in [3.8, 4) is 11.3 Å². The second kappa shape index (κ2) is 8.19. The third-order valence-corrected chi connectivity index (χ3v) is 6.10. The predicted octanol–water partition coefficient (Wildman–Crippen LogP) is 3.94. The Kier molecular flexibility index (Phi) is 6.00. The van der Waals surface area contributed by atoms with Crippen molar-refractivity contribution in [3.05, 3.63) is 71.4 Å². The summed E-state index contributed by atoms with van der Waals surface area (Å²) in [4.78, 5) is 4.31. The number of hydrogen-bond donors (Lipinski definition) is 1. The summed E-state index contributed by atoms with van der Waals surface area (Å²) in [5, 5.41) is 0. The lowest BCUT2D eigenvalue weighted by Gasteiger charge is -2.12. The molecule has 3 aromatic rings. The Hall–Kier alpha value is -2.72. The molecule has 1 heterocycles. The van der Waals surface area contributed by atoms with Crippen molar-refractivity contribution in [1.29, 1.82) is 0 Å². The summed E-state index contributed by atoms with van der Waals surface area (Å²) in [6.45, 7) is 0. The fraction of sp³-hybridized carbons (Fsp3) is 0.250. The van der Waals surface area contributed by atoms with Gasteiger partial charge in [-0.15, -0.1) is 0 Å². The molecule has 0 radical (unpaired) electrons. The molecule has 0 amide bonds. The van der Waals surface area contributed by atoms with Crippen LogP contribution in [-0.2, 0) is 36.1 Å². The van der Waals surface area contributed by atoms with Gasteiger partial charge in [0, 0.05) is 18.8 Å². The van der Waals surface area contributed by atoms with Crippen LogP contribution < -0.4 is 4.72 Å². The van der Waals surface area contributed by atoms with Crippen LogP contribution in [0.4, 0.5) is 17.6 Å². The summed E-state index contributed by atoms with van der Waals surface area (Å²) in [5.74, 6) is -0.932. The number of nitrogens with zero attached hydrogens (tertiary/aromatic N) is 2. The number of halogens is 4. The van der Waals surface area contributed by atoms with Crippen LogP contribution in [-0.4, -0.2) is 25.0 Å². The highest BCUT2D eigenvalue weighted by Gasteiger charge is 2.31. The number of nitrogens with one attached hydrogen (secondary N) is 1. The summed E-state index contributed by atoms with van der Waals surface area (Å²) in [7, 11) is -0.614. The quantitative estimate of drug-likeness (QED) is 0.590. The molecule has 30 heavy (non-hydrogen) atoms. The Morgan fingerprint density at radius 1 is 1.07 bits per heavy atom. The van der Waals surface area contributed by atoms with Crippen molar-refractivity contribution in [2.45, 2.75) is 23.9 Å².